The van der Waals surface area contributed by atoms with Gasteiger partial charge in [0, 0.05) is 0 Å². The summed E-state index contributed by atoms with van der Waals surface area (Å²) in [7, 11) is 0. The van der Waals surface area contributed by atoms with Crippen LogP contribution < -0.4 is 0 Å². The Morgan fingerprint density at radius 1 is 0.938 bits per heavy atom. The van der Waals surface area contributed by atoms with Crippen LogP contribution in [0.15, 0.2) is 54.6 Å². The van der Waals surface area contributed by atoms with E-state index in [1.165, 1.54) is 0 Å². The zero-order valence-electron chi connectivity index (χ0n) is 8.67. The molecular weight excluding hydrogens is 198 g/mol. The number of benzene rings is 2. The van der Waals surface area contributed by atoms with Crippen LogP contribution in [-0.2, 0) is 0 Å². The number of aliphatic hydroxyl groups excluding tert-OH is 1. The zero-order chi connectivity index (χ0) is 11.4. The largest absolute Gasteiger partial charge is 0.384 e. The SMILES string of the molecule is N#Cc1cccc(C(O)c2ccccc2)c1. The van der Waals surface area contributed by atoms with Crippen LogP contribution in [0, 0.1) is 11.3 Å². The standard InChI is InChI=1S/C14H11NO/c15-10-11-5-4-8-13(9-11)14(16)12-6-2-1-3-7-12/h1-9,14,16H. The van der Waals surface area contributed by atoms with Gasteiger partial charge in [-0.15, -0.1) is 0 Å². The lowest BCUT2D eigenvalue weighted by Gasteiger charge is -2.11. The first kappa shape index (κ1) is 10.4. The summed E-state index contributed by atoms with van der Waals surface area (Å²) in [5.74, 6) is 0. The molecule has 16 heavy (non-hydrogen) atoms. The Balaban J connectivity index is 2.35. The molecule has 0 fully saturated rings. The van der Waals surface area contributed by atoms with E-state index in [-0.39, 0.29) is 0 Å². The third-order valence-corrected chi connectivity index (χ3v) is 2.45. The van der Waals surface area contributed by atoms with Crippen LogP contribution in [0.4, 0.5) is 0 Å². The number of hydrogen-bond donors (Lipinski definition) is 1. The highest BCUT2D eigenvalue weighted by Crippen LogP contribution is 2.21. The molecule has 0 aliphatic carbocycles. The summed E-state index contributed by atoms with van der Waals surface area (Å²) in [6, 6.07) is 18.5. The van der Waals surface area contributed by atoms with Gasteiger partial charge in [-0.1, -0.05) is 42.5 Å². The van der Waals surface area contributed by atoms with Crippen LogP contribution in [0.3, 0.4) is 0 Å². The van der Waals surface area contributed by atoms with Crippen LogP contribution in [0.25, 0.3) is 0 Å². The van der Waals surface area contributed by atoms with E-state index in [2.05, 4.69) is 6.07 Å². The molecule has 1 unspecified atom stereocenters. The third kappa shape index (κ3) is 2.10. The first-order valence-electron chi connectivity index (χ1n) is 5.04. The second kappa shape index (κ2) is 4.61. The van der Waals surface area contributed by atoms with Crippen molar-refractivity contribution in [3.63, 3.8) is 0 Å². The van der Waals surface area contributed by atoms with Crippen LogP contribution in [-0.4, -0.2) is 5.11 Å². The zero-order valence-corrected chi connectivity index (χ0v) is 8.67. The summed E-state index contributed by atoms with van der Waals surface area (Å²) in [6.07, 6.45) is -0.672. The van der Waals surface area contributed by atoms with E-state index in [4.69, 9.17) is 5.26 Å². The topological polar surface area (TPSA) is 44.0 Å². The van der Waals surface area contributed by atoms with Crippen molar-refractivity contribution in [2.24, 2.45) is 0 Å². The Morgan fingerprint density at radius 3 is 2.31 bits per heavy atom. The van der Waals surface area contributed by atoms with Crippen molar-refractivity contribution in [3.05, 3.63) is 71.3 Å². The Bertz CT molecular complexity index is 514. The number of nitrogens with zero attached hydrogens (tertiary/aromatic N) is 1. The normalized spacial score (nSPS) is 11.8. The highest BCUT2D eigenvalue weighted by atomic mass is 16.3. The van der Waals surface area contributed by atoms with Gasteiger partial charge in [-0.05, 0) is 23.3 Å². The molecule has 0 saturated carbocycles. The smallest absolute Gasteiger partial charge is 0.104 e. The maximum absolute atomic E-state index is 10.1. The number of nitriles is 1. The molecule has 0 amide bonds. The average molecular weight is 209 g/mol. The van der Waals surface area contributed by atoms with Crippen molar-refractivity contribution in [1.82, 2.24) is 0 Å². The first-order valence-corrected chi connectivity index (χ1v) is 5.04. The molecule has 1 N–H and O–H groups in total. The predicted molar refractivity (Wildman–Crippen MR) is 61.7 cm³/mol. The Morgan fingerprint density at radius 2 is 1.62 bits per heavy atom. The fourth-order valence-electron chi connectivity index (χ4n) is 1.61. The van der Waals surface area contributed by atoms with Crippen LogP contribution >= 0.6 is 0 Å². The van der Waals surface area contributed by atoms with Crippen LogP contribution in [0.1, 0.15) is 22.8 Å². The minimum absolute atomic E-state index is 0.562. The molecule has 2 rings (SSSR count). The van der Waals surface area contributed by atoms with Gasteiger partial charge in [0.25, 0.3) is 0 Å². The Labute approximate surface area is 94.4 Å². The van der Waals surface area contributed by atoms with Gasteiger partial charge in [0.2, 0.25) is 0 Å². The number of hydrogen-bond acceptors (Lipinski definition) is 2. The summed E-state index contributed by atoms with van der Waals surface area (Å²) in [5.41, 5.74) is 2.13. The molecule has 0 saturated heterocycles. The maximum atomic E-state index is 10.1. The van der Waals surface area contributed by atoms with Gasteiger partial charge < -0.3 is 5.11 Å². The molecule has 2 aromatic carbocycles. The molecule has 2 heteroatoms. The lowest BCUT2D eigenvalue weighted by Crippen LogP contribution is -1.99. The first-order chi connectivity index (χ1) is 7.81. The molecule has 2 nitrogen and oxygen atoms in total. The van der Waals surface area contributed by atoms with Crippen molar-refractivity contribution >= 4 is 0 Å². The van der Waals surface area contributed by atoms with Crippen LogP contribution in [0.2, 0.25) is 0 Å². The average Bonchev–Trinajstić information content (AvgIpc) is 2.39. The quantitative estimate of drug-likeness (QED) is 0.826. The fourth-order valence-corrected chi connectivity index (χ4v) is 1.61. The molecule has 78 valence electrons. The monoisotopic (exact) mass is 209 g/mol. The molecule has 0 aliphatic heterocycles. The minimum atomic E-state index is -0.672. The van der Waals surface area contributed by atoms with Gasteiger partial charge >= 0.3 is 0 Å². The van der Waals surface area contributed by atoms with E-state index in [9.17, 15) is 5.11 Å². The Hall–Kier alpha value is -2.11. The summed E-state index contributed by atoms with van der Waals surface area (Å²) in [4.78, 5) is 0. The van der Waals surface area contributed by atoms with Gasteiger partial charge in [-0.3, -0.25) is 0 Å². The molecule has 0 bridgehead atoms. The molecule has 0 radical (unpaired) electrons. The van der Waals surface area contributed by atoms with E-state index in [1.807, 2.05) is 36.4 Å². The van der Waals surface area contributed by atoms with Crippen molar-refractivity contribution in [1.29, 1.82) is 5.26 Å². The summed E-state index contributed by atoms with van der Waals surface area (Å²) in [5, 5.41) is 18.9. The molecule has 0 aromatic heterocycles. The molecule has 1 atom stereocenters. The third-order valence-electron chi connectivity index (χ3n) is 2.45. The highest BCUT2D eigenvalue weighted by molar-refractivity contribution is 5.37. The van der Waals surface area contributed by atoms with Gasteiger partial charge in [-0.2, -0.15) is 5.26 Å². The second-order valence-electron chi connectivity index (χ2n) is 3.55. The van der Waals surface area contributed by atoms with Gasteiger partial charge in [0.05, 0.1) is 11.6 Å². The summed E-state index contributed by atoms with van der Waals surface area (Å²) >= 11 is 0. The van der Waals surface area contributed by atoms with Crippen molar-refractivity contribution in [2.75, 3.05) is 0 Å². The highest BCUT2D eigenvalue weighted by Gasteiger charge is 2.09. The van der Waals surface area contributed by atoms with Gasteiger partial charge in [-0.25, -0.2) is 0 Å². The number of aliphatic hydroxyl groups is 1. The summed E-state index contributed by atoms with van der Waals surface area (Å²) in [6.45, 7) is 0. The molecule has 0 spiro atoms. The van der Waals surface area contributed by atoms with E-state index < -0.39 is 6.10 Å². The van der Waals surface area contributed by atoms with Crippen LogP contribution in [0.5, 0.6) is 0 Å². The van der Waals surface area contributed by atoms with E-state index in [0.717, 1.165) is 11.1 Å². The van der Waals surface area contributed by atoms with Crippen molar-refractivity contribution < 1.29 is 5.11 Å². The predicted octanol–water partition coefficient (Wildman–Crippen LogP) is 2.64. The van der Waals surface area contributed by atoms with E-state index >= 15 is 0 Å². The van der Waals surface area contributed by atoms with Gasteiger partial charge in [0.1, 0.15) is 6.10 Å². The lowest BCUT2D eigenvalue weighted by atomic mass is 10.0. The number of rotatable bonds is 2. The van der Waals surface area contributed by atoms with Crippen molar-refractivity contribution in [3.8, 4) is 6.07 Å². The Kier molecular flexibility index (Phi) is 3.00. The summed E-state index contributed by atoms with van der Waals surface area (Å²) < 4.78 is 0. The molecule has 0 aliphatic rings. The molecular formula is C14H11NO. The molecule has 2 aromatic rings. The second-order valence-corrected chi connectivity index (χ2v) is 3.55. The van der Waals surface area contributed by atoms with E-state index in [0.29, 0.717) is 5.56 Å². The lowest BCUT2D eigenvalue weighted by molar-refractivity contribution is 0.220. The molecule has 0 heterocycles. The maximum Gasteiger partial charge on any atom is 0.104 e. The van der Waals surface area contributed by atoms with Crippen molar-refractivity contribution in [2.45, 2.75) is 6.10 Å². The minimum Gasteiger partial charge on any atom is -0.384 e. The fraction of sp³-hybridized carbons (Fsp3) is 0.0714. The van der Waals surface area contributed by atoms with Gasteiger partial charge in [0.15, 0.2) is 0 Å². The van der Waals surface area contributed by atoms with E-state index in [1.54, 1.807) is 18.2 Å².